The number of hydrogen-bond acceptors (Lipinski definition) is 5. The summed E-state index contributed by atoms with van der Waals surface area (Å²) in [7, 11) is 0. The number of esters is 2. The van der Waals surface area contributed by atoms with E-state index in [0.29, 0.717) is 12.3 Å². The zero-order valence-corrected chi connectivity index (χ0v) is 18.2. The third-order valence-corrected chi connectivity index (χ3v) is 4.85. The number of carbonyl (C=O) groups excluding carboxylic acids is 3. The van der Waals surface area contributed by atoms with Crippen LogP contribution in [0.15, 0.2) is 24.3 Å². The van der Waals surface area contributed by atoms with Crippen LogP contribution in [0.2, 0.25) is 0 Å². The van der Waals surface area contributed by atoms with E-state index < -0.39 is 23.5 Å². The summed E-state index contributed by atoms with van der Waals surface area (Å²) in [5.41, 5.74) is 0.522. The first kappa shape index (κ1) is 23.9. The van der Waals surface area contributed by atoms with E-state index in [0.717, 1.165) is 5.56 Å². The zero-order chi connectivity index (χ0) is 21.5. The molecule has 28 heavy (non-hydrogen) atoms. The van der Waals surface area contributed by atoms with Crippen molar-refractivity contribution in [2.45, 2.75) is 73.3 Å². The average molecular weight is 391 g/mol. The van der Waals surface area contributed by atoms with E-state index in [-0.39, 0.29) is 24.7 Å². The van der Waals surface area contributed by atoms with Crippen molar-refractivity contribution in [3.63, 3.8) is 0 Å². The minimum absolute atomic E-state index is 0.250. The van der Waals surface area contributed by atoms with Crippen molar-refractivity contribution in [3.05, 3.63) is 35.4 Å². The highest BCUT2D eigenvalue weighted by atomic mass is 16.6. The lowest BCUT2D eigenvalue weighted by Crippen LogP contribution is -2.45. The van der Waals surface area contributed by atoms with Gasteiger partial charge in [0.05, 0.1) is 0 Å². The molecule has 0 amide bonds. The Hall–Kier alpha value is -2.17. The zero-order valence-electron chi connectivity index (χ0n) is 18.2. The first-order valence-electron chi connectivity index (χ1n) is 10.0. The molecule has 2 unspecified atom stereocenters. The van der Waals surface area contributed by atoms with Crippen LogP contribution in [0, 0.1) is 11.3 Å². The highest BCUT2D eigenvalue weighted by Gasteiger charge is 2.45. The van der Waals surface area contributed by atoms with E-state index >= 15 is 0 Å². The van der Waals surface area contributed by atoms with Gasteiger partial charge in [0.15, 0.2) is 11.2 Å². The first-order chi connectivity index (χ1) is 13.0. The van der Waals surface area contributed by atoms with Crippen LogP contribution in [0.4, 0.5) is 0 Å². The number of ketones is 1. The van der Waals surface area contributed by atoms with Crippen molar-refractivity contribution >= 4 is 17.7 Å². The van der Waals surface area contributed by atoms with Gasteiger partial charge in [-0.1, -0.05) is 58.9 Å². The van der Waals surface area contributed by atoms with Gasteiger partial charge in [-0.3, -0.25) is 14.4 Å². The van der Waals surface area contributed by atoms with E-state index in [9.17, 15) is 14.4 Å². The van der Waals surface area contributed by atoms with E-state index in [1.54, 1.807) is 20.8 Å². The molecule has 0 fully saturated rings. The average Bonchev–Trinajstić information content (AvgIpc) is 2.65. The Labute approximate surface area is 168 Å². The molecule has 0 aromatic heterocycles. The molecule has 1 rings (SSSR count). The molecule has 0 N–H and O–H groups in total. The van der Waals surface area contributed by atoms with E-state index in [1.807, 2.05) is 31.2 Å². The van der Waals surface area contributed by atoms with E-state index in [1.165, 1.54) is 12.5 Å². The van der Waals surface area contributed by atoms with Crippen molar-refractivity contribution in [1.82, 2.24) is 0 Å². The van der Waals surface area contributed by atoms with Crippen molar-refractivity contribution in [1.29, 1.82) is 0 Å². The van der Waals surface area contributed by atoms with Crippen LogP contribution in [0.5, 0.6) is 0 Å². The minimum atomic E-state index is -1.52. The smallest absolute Gasteiger partial charge is 0.323 e. The number of rotatable bonds is 10. The molecule has 0 heterocycles. The van der Waals surface area contributed by atoms with Gasteiger partial charge in [-0.05, 0) is 37.3 Å². The van der Waals surface area contributed by atoms with Crippen molar-refractivity contribution in [2.24, 2.45) is 11.3 Å². The molecule has 0 spiro atoms. The standard InChI is InChI=1S/C23H34O5/c1-8-9-20(24)27-14-23(7,21(25)16(4)5)22(26)28-17(6)19-12-10-18(11-13-19)15(2)3/h10-13,15-17H,8-9,14H2,1-7H3. The molecule has 2 atom stereocenters. The fourth-order valence-electron chi connectivity index (χ4n) is 2.88. The largest absolute Gasteiger partial charge is 0.464 e. The molecule has 1 aromatic carbocycles. The van der Waals surface area contributed by atoms with Crippen LogP contribution in [0.1, 0.15) is 84.5 Å². The van der Waals surface area contributed by atoms with Gasteiger partial charge >= 0.3 is 11.9 Å². The molecule has 0 aliphatic carbocycles. The topological polar surface area (TPSA) is 69.7 Å². The highest BCUT2D eigenvalue weighted by molar-refractivity contribution is 6.04. The Morgan fingerprint density at radius 2 is 1.50 bits per heavy atom. The maximum Gasteiger partial charge on any atom is 0.323 e. The summed E-state index contributed by atoms with van der Waals surface area (Å²) in [5, 5.41) is 0. The number of benzene rings is 1. The third-order valence-electron chi connectivity index (χ3n) is 4.85. The second kappa shape index (κ2) is 10.4. The van der Waals surface area contributed by atoms with Gasteiger partial charge in [-0.2, -0.15) is 0 Å². The quantitative estimate of drug-likeness (QED) is 0.416. The summed E-state index contributed by atoms with van der Waals surface area (Å²) in [4.78, 5) is 37.4. The van der Waals surface area contributed by atoms with Gasteiger partial charge in [0, 0.05) is 12.3 Å². The van der Waals surface area contributed by atoms with E-state index in [4.69, 9.17) is 9.47 Å². The van der Waals surface area contributed by atoms with E-state index in [2.05, 4.69) is 13.8 Å². The van der Waals surface area contributed by atoms with Gasteiger partial charge in [0.25, 0.3) is 0 Å². The monoisotopic (exact) mass is 390 g/mol. The Morgan fingerprint density at radius 1 is 0.964 bits per heavy atom. The molecular weight excluding hydrogens is 356 g/mol. The third kappa shape index (κ3) is 6.18. The van der Waals surface area contributed by atoms with Crippen LogP contribution in [-0.4, -0.2) is 24.3 Å². The second-order valence-corrected chi connectivity index (χ2v) is 8.13. The first-order valence-corrected chi connectivity index (χ1v) is 10.0. The molecule has 5 heteroatoms. The molecule has 0 aliphatic heterocycles. The van der Waals surface area contributed by atoms with Gasteiger partial charge in [0.1, 0.15) is 12.7 Å². The summed E-state index contributed by atoms with van der Waals surface area (Å²) in [6.45, 7) is 12.5. The maximum absolute atomic E-state index is 12.9. The predicted molar refractivity (Wildman–Crippen MR) is 109 cm³/mol. The molecule has 1 aromatic rings. The molecular formula is C23H34O5. The molecule has 0 bridgehead atoms. The molecule has 5 nitrogen and oxygen atoms in total. The van der Waals surface area contributed by atoms with Gasteiger partial charge in [-0.15, -0.1) is 0 Å². The summed E-state index contributed by atoms with van der Waals surface area (Å²) < 4.78 is 10.8. The maximum atomic E-state index is 12.9. The van der Waals surface area contributed by atoms with Crippen molar-refractivity contribution in [2.75, 3.05) is 6.61 Å². The lowest BCUT2D eigenvalue weighted by molar-refractivity contribution is -0.171. The Morgan fingerprint density at radius 3 is 1.96 bits per heavy atom. The lowest BCUT2D eigenvalue weighted by atomic mass is 9.81. The van der Waals surface area contributed by atoms with Crippen LogP contribution in [-0.2, 0) is 23.9 Å². The molecule has 0 saturated carbocycles. The SMILES string of the molecule is CCCC(=O)OCC(C)(C(=O)OC(C)c1ccc(C(C)C)cc1)C(=O)C(C)C. The summed E-state index contributed by atoms with van der Waals surface area (Å²) in [6, 6.07) is 7.87. The molecule has 156 valence electrons. The molecule has 0 radical (unpaired) electrons. The van der Waals surface area contributed by atoms with Crippen LogP contribution >= 0.6 is 0 Å². The lowest BCUT2D eigenvalue weighted by Gasteiger charge is -2.29. The summed E-state index contributed by atoms with van der Waals surface area (Å²) in [6.07, 6.45) is 0.376. The van der Waals surface area contributed by atoms with Crippen molar-refractivity contribution in [3.8, 4) is 0 Å². The highest BCUT2D eigenvalue weighted by Crippen LogP contribution is 2.29. The van der Waals surface area contributed by atoms with Gasteiger partial charge < -0.3 is 9.47 Å². The minimum Gasteiger partial charge on any atom is -0.464 e. The van der Waals surface area contributed by atoms with Crippen LogP contribution in [0.25, 0.3) is 0 Å². The second-order valence-electron chi connectivity index (χ2n) is 8.13. The number of carbonyl (C=O) groups is 3. The molecule has 0 aliphatic rings. The summed E-state index contributed by atoms with van der Waals surface area (Å²) >= 11 is 0. The van der Waals surface area contributed by atoms with Gasteiger partial charge in [-0.25, -0.2) is 0 Å². The Balaban J connectivity index is 2.95. The van der Waals surface area contributed by atoms with Crippen LogP contribution < -0.4 is 0 Å². The molecule has 0 saturated heterocycles. The number of Topliss-reactive ketones (excluding diaryl/α,β-unsaturated/α-hetero) is 1. The number of hydrogen-bond donors (Lipinski definition) is 0. The fraction of sp³-hybridized carbons (Fsp3) is 0.609. The van der Waals surface area contributed by atoms with Gasteiger partial charge in [0.2, 0.25) is 0 Å². The fourth-order valence-corrected chi connectivity index (χ4v) is 2.88. The summed E-state index contributed by atoms with van der Waals surface area (Å²) in [5.74, 6) is -1.37. The number of ether oxygens (including phenoxy) is 2. The Kier molecular flexibility index (Phi) is 8.86. The van der Waals surface area contributed by atoms with Crippen molar-refractivity contribution < 1.29 is 23.9 Å². The predicted octanol–water partition coefficient (Wildman–Crippen LogP) is 4.99. The van der Waals surface area contributed by atoms with Crippen LogP contribution in [0.3, 0.4) is 0 Å². The normalized spacial score (nSPS) is 14.5. The Bertz CT molecular complexity index is 675.